The molecular weight excluding hydrogens is 617 g/mol. The van der Waals surface area contributed by atoms with E-state index in [0.29, 0.717) is 31.9 Å². The molecule has 0 heterocycles. The number of aryl methyl sites for hydroxylation is 2. The average Bonchev–Trinajstić information content (AvgIpc) is 3.44. The lowest BCUT2D eigenvalue weighted by Gasteiger charge is -2.33. The fourth-order valence-electron chi connectivity index (χ4n) is 5.06. The van der Waals surface area contributed by atoms with Gasteiger partial charge in [-0.3, -0.25) is 13.9 Å². The highest BCUT2D eigenvalue weighted by molar-refractivity contribution is 7.92. The fourth-order valence-corrected chi connectivity index (χ4v) is 7.23. The lowest BCUT2D eigenvalue weighted by Crippen LogP contribution is -2.52. The maximum atomic E-state index is 14.1. The first-order chi connectivity index (χ1) is 19.9. The van der Waals surface area contributed by atoms with Gasteiger partial charge in [0.15, 0.2) is 0 Å². The van der Waals surface area contributed by atoms with E-state index in [1.54, 1.807) is 62.4 Å². The summed E-state index contributed by atoms with van der Waals surface area (Å²) in [5, 5.41) is 4.26. The summed E-state index contributed by atoms with van der Waals surface area (Å²) in [4.78, 5) is 28.9. The van der Waals surface area contributed by atoms with Gasteiger partial charge in [0.25, 0.3) is 10.0 Å². The zero-order valence-corrected chi connectivity index (χ0v) is 26.8. The second-order valence-electron chi connectivity index (χ2n) is 10.7. The molecule has 0 aliphatic heterocycles. The van der Waals surface area contributed by atoms with Crippen molar-refractivity contribution in [1.82, 2.24) is 10.2 Å². The van der Waals surface area contributed by atoms with Gasteiger partial charge >= 0.3 is 0 Å². The molecule has 4 rings (SSSR count). The molecule has 0 radical (unpaired) electrons. The molecule has 42 heavy (non-hydrogen) atoms. The van der Waals surface area contributed by atoms with E-state index in [1.807, 2.05) is 6.92 Å². The number of carbonyl (C=O) groups is 2. The van der Waals surface area contributed by atoms with Crippen LogP contribution in [0.25, 0.3) is 0 Å². The predicted molar refractivity (Wildman–Crippen MR) is 169 cm³/mol. The van der Waals surface area contributed by atoms with E-state index in [4.69, 9.17) is 34.8 Å². The molecule has 1 aliphatic rings. The molecule has 0 bridgehead atoms. The Hall–Kier alpha value is -2.78. The lowest BCUT2D eigenvalue weighted by atomic mass is 10.1. The van der Waals surface area contributed by atoms with Crippen LogP contribution in [0.2, 0.25) is 15.1 Å². The molecule has 0 aromatic heterocycles. The van der Waals surface area contributed by atoms with Crippen LogP contribution in [0, 0.1) is 13.8 Å². The lowest BCUT2D eigenvalue weighted by molar-refractivity contribution is -0.139. The first kappa shape index (κ1) is 32.1. The van der Waals surface area contributed by atoms with Crippen molar-refractivity contribution >= 4 is 62.3 Å². The van der Waals surface area contributed by atoms with E-state index in [1.165, 1.54) is 17.0 Å². The quantitative estimate of drug-likeness (QED) is 0.258. The third-order valence-corrected chi connectivity index (χ3v) is 10.1. The SMILES string of the molecule is Cc1ccc(S(=O)(=O)N(CC(=O)N(Cc2ccc(Cl)cc2Cl)[C@@H](C)C(=O)NC2CCCC2)c2ccc(Cl)cc2C)cc1. The molecule has 1 atom stereocenters. The number of benzene rings is 3. The summed E-state index contributed by atoms with van der Waals surface area (Å²) in [5.41, 5.74) is 2.35. The van der Waals surface area contributed by atoms with Crippen LogP contribution in [0.4, 0.5) is 5.69 Å². The summed E-state index contributed by atoms with van der Waals surface area (Å²) < 4.78 is 29.1. The molecule has 1 fully saturated rings. The van der Waals surface area contributed by atoms with E-state index in [-0.39, 0.29) is 23.4 Å². The van der Waals surface area contributed by atoms with Crippen molar-refractivity contribution in [3.63, 3.8) is 0 Å². The standard InChI is InChI=1S/C31H34Cl3N3O4S/c1-20-8-13-27(14-9-20)42(40,41)37(29-15-12-24(32)16-21(29)2)19-30(38)36(18-23-10-11-25(33)17-28(23)34)22(3)31(39)35-26-6-4-5-7-26/h8-17,22,26H,4-7,18-19H2,1-3H3,(H,35,39)/t22-/m0/s1. The van der Waals surface area contributed by atoms with E-state index in [0.717, 1.165) is 35.6 Å². The van der Waals surface area contributed by atoms with Crippen molar-refractivity contribution in [2.75, 3.05) is 10.8 Å². The Kier molecular flexibility index (Phi) is 10.5. The van der Waals surface area contributed by atoms with Gasteiger partial charge in [0.2, 0.25) is 11.8 Å². The number of nitrogens with zero attached hydrogens (tertiary/aromatic N) is 2. The summed E-state index contributed by atoms with van der Waals surface area (Å²) in [6.45, 7) is 4.65. The number of anilines is 1. The van der Waals surface area contributed by atoms with Crippen LogP contribution in [0.5, 0.6) is 0 Å². The van der Waals surface area contributed by atoms with Crippen molar-refractivity contribution in [3.05, 3.63) is 92.4 Å². The maximum Gasteiger partial charge on any atom is 0.264 e. The van der Waals surface area contributed by atoms with Gasteiger partial charge in [0, 0.05) is 27.7 Å². The highest BCUT2D eigenvalue weighted by atomic mass is 35.5. The van der Waals surface area contributed by atoms with Gasteiger partial charge in [-0.25, -0.2) is 8.42 Å². The number of carbonyl (C=O) groups excluding carboxylic acids is 2. The second-order valence-corrected chi connectivity index (χ2v) is 13.8. The molecule has 0 saturated heterocycles. The van der Waals surface area contributed by atoms with Crippen LogP contribution >= 0.6 is 34.8 Å². The number of rotatable bonds is 10. The van der Waals surface area contributed by atoms with Gasteiger partial charge in [-0.05, 0) is 87.2 Å². The van der Waals surface area contributed by atoms with Crippen molar-refractivity contribution in [2.45, 2.75) is 70.0 Å². The molecule has 1 N–H and O–H groups in total. The Morgan fingerprint density at radius 2 is 1.55 bits per heavy atom. The summed E-state index contributed by atoms with van der Waals surface area (Å²) in [7, 11) is -4.19. The third-order valence-electron chi connectivity index (χ3n) is 7.54. The molecule has 2 amide bonds. The number of amides is 2. The van der Waals surface area contributed by atoms with Gasteiger partial charge in [-0.1, -0.05) is 71.4 Å². The second kappa shape index (κ2) is 13.7. The summed E-state index contributed by atoms with van der Waals surface area (Å²) in [6, 6.07) is 15.3. The Morgan fingerprint density at radius 3 is 2.17 bits per heavy atom. The molecule has 0 unspecified atom stereocenters. The van der Waals surface area contributed by atoms with Gasteiger partial charge in [-0.2, -0.15) is 0 Å². The van der Waals surface area contributed by atoms with E-state index >= 15 is 0 Å². The van der Waals surface area contributed by atoms with E-state index in [2.05, 4.69) is 5.32 Å². The predicted octanol–water partition coefficient (Wildman–Crippen LogP) is 6.94. The highest BCUT2D eigenvalue weighted by Gasteiger charge is 2.34. The third kappa shape index (κ3) is 7.59. The van der Waals surface area contributed by atoms with Gasteiger partial charge in [-0.15, -0.1) is 0 Å². The van der Waals surface area contributed by atoms with Crippen molar-refractivity contribution < 1.29 is 18.0 Å². The normalized spacial score (nSPS) is 14.4. The minimum absolute atomic E-state index is 0.0217. The average molecular weight is 651 g/mol. The van der Waals surface area contributed by atoms with E-state index in [9.17, 15) is 18.0 Å². The molecule has 3 aromatic carbocycles. The van der Waals surface area contributed by atoms with Crippen LogP contribution in [0.3, 0.4) is 0 Å². The minimum Gasteiger partial charge on any atom is -0.352 e. The van der Waals surface area contributed by atoms with Crippen LogP contribution in [0.15, 0.2) is 65.6 Å². The highest BCUT2D eigenvalue weighted by Crippen LogP contribution is 2.30. The Morgan fingerprint density at radius 1 is 0.929 bits per heavy atom. The van der Waals surface area contributed by atoms with Gasteiger partial charge in [0.1, 0.15) is 12.6 Å². The molecule has 1 saturated carbocycles. The number of hydrogen-bond donors (Lipinski definition) is 1. The number of hydrogen-bond acceptors (Lipinski definition) is 4. The summed E-state index contributed by atoms with van der Waals surface area (Å²) in [5.74, 6) is -0.879. The largest absolute Gasteiger partial charge is 0.352 e. The molecule has 3 aromatic rings. The summed E-state index contributed by atoms with van der Waals surface area (Å²) >= 11 is 18.7. The van der Waals surface area contributed by atoms with Crippen molar-refractivity contribution in [2.24, 2.45) is 0 Å². The molecule has 11 heteroatoms. The number of halogens is 3. The van der Waals surface area contributed by atoms with Crippen LogP contribution < -0.4 is 9.62 Å². The monoisotopic (exact) mass is 649 g/mol. The van der Waals surface area contributed by atoms with Crippen molar-refractivity contribution in [1.29, 1.82) is 0 Å². The minimum atomic E-state index is -4.19. The zero-order valence-electron chi connectivity index (χ0n) is 23.7. The van der Waals surface area contributed by atoms with Crippen LogP contribution in [-0.4, -0.2) is 43.8 Å². The van der Waals surface area contributed by atoms with Crippen LogP contribution in [0.1, 0.15) is 49.3 Å². The first-order valence-electron chi connectivity index (χ1n) is 13.8. The molecule has 0 spiro atoms. The molecule has 7 nitrogen and oxygen atoms in total. The Balaban J connectivity index is 1.73. The molecule has 224 valence electrons. The van der Waals surface area contributed by atoms with Crippen molar-refractivity contribution in [3.8, 4) is 0 Å². The summed E-state index contributed by atoms with van der Waals surface area (Å²) in [6.07, 6.45) is 3.84. The zero-order chi connectivity index (χ0) is 30.6. The van der Waals surface area contributed by atoms with Gasteiger partial charge in [0.05, 0.1) is 10.6 Å². The Labute approximate surface area is 262 Å². The molecule has 1 aliphatic carbocycles. The van der Waals surface area contributed by atoms with E-state index < -0.39 is 28.5 Å². The van der Waals surface area contributed by atoms with Gasteiger partial charge < -0.3 is 10.2 Å². The fraction of sp³-hybridized carbons (Fsp3) is 0.355. The maximum absolute atomic E-state index is 14.1. The molecular formula is C31H34Cl3N3O4S. The topological polar surface area (TPSA) is 86.8 Å². The number of sulfonamides is 1. The number of nitrogens with one attached hydrogen (secondary N) is 1. The Bertz CT molecular complexity index is 1560. The first-order valence-corrected chi connectivity index (χ1v) is 16.3. The van der Waals surface area contributed by atoms with Crippen LogP contribution in [-0.2, 0) is 26.2 Å². The smallest absolute Gasteiger partial charge is 0.264 e.